The molecule has 0 aliphatic carbocycles. The summed E-state index contributed by atoms with van der Waals surface area (Å²) in [6, 6.07) is 14.1. The Morgan fingerprint density at radius 1 is 1.03 bits per heavy atom. The van der Waals surface area contributed by atoms with Gasteiger partial charge in [0.05, 0.1) is 19.8 Å². The molecular formula is C24H27N3O5. The van der Waals surface area contributed by atoms with Crippen molar-refractivity contribution in [1.82, 2.24) is 9.80 Å². The first-order valence-corrected chi connectivity index (χ1v) is 10.7. The van der Waals surface area contributed by atoms with E-state index < -0.39 is 18.2 Å². The van der Waals surface area contributed by atoms with Crippen LogP contribution in [0.15, 0.2) is 48.5 Å². The number of cyclic esters (lactones) is 1. The maximum Gasteiger partial charge on any atom is 0.411 e. The summed E-state index contributed by atoms with van der Waals surface area (Å²) in [5.41, 5.74) is 3.38. The molecule has 2 saturated heterocycles. The Bertz CT molecular complexity index is 984. The minimum absolute atomic E-state index is 0.151. The third-order valence-corrected chi connectivity index (χ3v) is 5.69. The predicted octanol–water partition coefficient (Wildman–Crippen LogP) is 2.87. The van der Waals surface area contributed by atoms with Gasteiger partial charge in [0.15, 0.2) is 12.1 Å². The highest BCUT2D eigenvalue weighted by Crippen LogP contribution is 2.35. The predicted molar refractivity (Wildman–Crippen MR) is 118 cm³/mol. The van der Waals surface area contributed by atoms with Crippen molar-refractivity contribution in [3.05, 3.63) is 65.2 Å². The quantitative estimate of drug-likeness (QED) is 0.777. The molecule has 2 fully saturated rings. The fourth-order valence-electron chi connectivity index (χ4n) is 4.01. The Balaban J connectivity index is 1.63. The van der Waals surface area contributed by atoms with Gasteiger partial charge in [-0.3, -0.25) is 14.5 Å². The SMILES string of the molecule is CC(=O)Nc1ccc(C2OC(=O)N(Cc3ccc(C)cc3)C2C(=O)N2CCOCC2)cc1. The van der Waals surface area contributed by atoms with Gasteiger partial charge in [-0.15, -0.1) is 0 Å². The van der Waals surface area contributed by atoms with E-state index in [1.165, 1.54) is 11.8 Å². The molecule has 2 atom stereocenters. The smallest absolute Gasteiger partial charge is 0.411 e. The Hall–Kier alpha value is -3.39. The zero-order chi connectivity index (χ0) is 22.7. The van der Waals surface area contributed by atoms with Crippen LogP contribution in [-0.4, -0.2) is 60.1 Å². The first-order valence-electron chi connectivity index (χ1n) is 10.7. The molecule has 0 radical (unpaired) electrons. The number of benzene rings is 2. The van der Waals surface area contributed by atoms with Crippen LogP contribution < -0.4 is 5.32 Å². The summed E-state index contributed by atoms with van der Waals surface area (Å²) < 4.78 is 11.1. The number of nitrogens with zero attached hydrogens (tertiary/aromatic N) is 2. The summed E-state index contributed by atoms with van der Waals surface area (Å²) in [7, 11) is 0. The molecule has 8 nitrogen and oxygen atoms in total. The average molecular weight is 437 g/mol. The lowest BCUT2D eigenvalue weighted by molar-refractivity contribution is -0.141. The fourth-order valence-corrected chi connectivity index (χ4v) is 4.01. The molecule has 2 aromatic carbocycles. The number of amides is 3. The van der Waals surface area contributed by atoms with Gasteiger partial charge in [0.2, 0.25) is 11.8 Å². The minimum atomic E-state index is -0.784. The molecule has 1 N–H and O–H groups in total. The highest BCUT2D eigenvalue weighted by molar-refractivity contribution is 5.90. The molecule has 0 bridgehead atoms. The number of hydrogen-bond acceptors (Lipinski definition) is 5. The Morgan fingerprint density at radius 3 is 2.31 bits per heavy atom. The van der Waals surface area contributed by atoms with E-state index in [1.54, 1.807) is 29.2 Å². The maximum atomic E-state index is 13.5. The second kappa shape index (κ2) is 9.40. The number of anilines is 1. The number of carbonyl (C=O) groups is 3. The van der Waals surface area contributed by atoms with Gasteiger partial charge in [0, 0.05) is 25.7 Å². The van der Waals surface area contributed by atoms with Crippen LogP contribution in [0.3, 0.4) is 0 Å². The zero-order valence-electron chi connectivity index (χ0n) is 18.2. The van der Waals surface area contributed by atoms with Crippen molar-refractivity contribution in [3.63, 3.8) is 0 Å². The highest BCUT2D eigenvalue weighted by atomic mass is 16.6. The average Bonchev–Trinajstić information content (AvgIpc) is 3.11. The molecule has 2 aliphatic rings. The molecule has 0 saturated carbocycles. The van der Waals surface area contributed by atoms with Crippen LogP contribution >= 0.6 is 0 Å². The van der Waals surface area contributed by atoms with Gasteiger partial charge >= 0.3 is 6.09 Å². The molecule has 2 aliphatic heterocycles. The summed E-state index contributed by atoms with van der Waals surface area (Å²) in [5.74, 6) is -0.322. The fraction of sp³-hybridized carbons (Fsp3) is 0.375. The summed E-state index contributed by atoms with van der Waals surface area (Å²) in [4.78, 5) is 41.0. The van der Waals surface area contributed by atoms with Gasteiger partial charge in [-0.1, -0.05) is 42.0 Å². The molecule has 2 unspecified atom stereocenters. The molecule has 168 valence electrons. The van der Waals surface area contributed by atoms with Crippen LogP contribution in [0, 0.1) is 6.92 Å². The Morgan fingerprint density at radius 2 is 1.69 bits per heavy atom. The zero-order valence-corrected chi connectivity index (χ0v) is 18.2. The standard InChI is InChI=1S/C24H27N3O5/c1-16-3-5-18(6-4-16)15-27-21(23(29)26-11-13-31-14-12-26)22(32-24(27)30)19-7-9-20(10-8-19)25-17(2)28/h3-10,21-22H,11-15H2,1-2H3,(H,25,28). The summed E-state index contributed by atoms with van der Waals surface area (Å²) in [6.07, 6.45) is -1.26. The lowest BCUT2D eigenvalue weighted by Gasteiger charge is -2.32. The highest BCUT2D eigenvalue weighted by Gasteiger charge is 2.48. The Labute approximate surface area is 187 Å². The molecular weight excluding hydrogens is 410 g/mol. The molecule has 0 aromatic heterocycles. The number of morpholine rings is 1. The van der Waals surface area contributed by atoms with Crippen molar-refractivity contribution < 1.29 is 23.9 Å². The van der Waals surface area contributed by atoms with Crippen molar-refractivity contribution in [1.29, 1.82) is 0 Å². The van der Waals surface area contributed by atoms with E-state index >= 15 is 0 Å². The summed E-state index contributed by atoms with van der Waals surface area (Å²) >= 11 is 0. The topological polar surface area (TPSA) is 88.2 Å². The van der Waals surface area contributed by atoms with E-state index in [1.807, 2.05) is 31.2 Å². The normalized spacial score (nSPS) is 20.8. The second-order valence-corrected chi connectivity index (χ2v) is 8.10. The number of nitrogens with one attached hydrogen (secondary N) is 1. The first kappa shape index (κ1) is 21.8. The van der Waals surface area contributed by atoms with Crippen molar-refractivity contribution in [2.45, 2.75) is 32.5 Å². The maximum absolute atomic E-state index is 13.5. The van der Waals surface area contributed by atoms with Gasteiger partial charge in [0.1, 0.15) is 0 Å². The molecule has 3 amide bonds. The lowest BCUT2D eigenvalue weighted by atomic mass is 9.99. The van der Waals surface area contributed by atoms with E-state index in [4.69, 9.17) is 9.47 Å². The molecule has 0 spiro atoms. The van der Waals surface area contributed by atoms with E-state index in [2.05, 4.69) is 5.32 Å². The number of hydrogen-bond donors (Lipinski definition) is 1. The number of carbonyl (C=O) groups excluding carboxylic acids is 3. The lowest BCUT2D eigenvalue weighted by Crippen LogP contribution is -2.51. The van der Waals surface area contributed by atoms with Crippen molar-refractivity contribution in [2.75, 3.05) is 31.6 Å². The number of rotatable bonds is 5. The van der Waals surface area contributed by atoms with Crippen LogP contribution in [0.25, 0.3) is 0 Å². The number of aryl methyl sites for hydroxylation is 1. The second-order valence-electron chi connectivity index (χ2n) is 8.10. The summed E-state index contributed by atoms with van der Waals surface area (Å²) in [6.45, 7) is 5.63. The van der Waals surface area contributed by atoms with Crippen LogP contribution in [0.2, 0.25) is 0 Å². The van der Waals surface area contributed by atoms with Gasteiger partial charge < -0.3 is 19.7 Å². The van der Waals surface area contributed by atoms with Gasteiger partial charge in [0.25, 0.3) is 0 Å². The van der Waals surface area contributed by atoms with E-state index in [-0.39, 0.29) is 18.4 Å². The van der Waals surface area contributed by atoms with Gasteiger partial charge in [-0.2, -0.15) is 0 Å². The first-order chi connectivity index (χ1) is 15.4. The van der Waals surface area contributed by atoms with Crippen LogP contribution in [0.5, 0.6) is 0 Å². The largest absolute Gasteiger partial charge is 0.438 e. The van der Waals surface area contributed by atoms with Crippen molar-refractivity contribution >= 4 is 23.6 Å². The summed E-state index contributed by atoms with van der Waals surface area (Å²) in [5, 5.41) is 2.72. The molecule has 32 heavy (non-hydrogen) atoms. The van der Waals surface area contributed by atoms with Gasteiger partial charge in [-0.25, -0.2) is 4.79 Å². The van der Waals surface area contributed by atoms with E-state index in [9.17, 15) is 14.4 Å². The Kier molecular flexibility index (Phi) is 6.41. The molecule has 4 rings (SSSR count). The molecule has 8 heteroatoms. The van der Waals surface area contributed by atoms with Crippen molar-refractivity contribution in [3.8, 4) is 0 Å². The number of ether oxygens (including phenoxy) is 2. The third-order valence-electron chi connectivity index (χ3n) is 5.69. The van der Waals surface area contributed by atoms with E-state index in [0.29, 0.717) is 37.6 Å². The van der Waals surface area contributed by atoms with E-state index in [0.717, 1.165) is 11.1 Å². The monoisotopic (exact) mass is 437 g/mol. The van der Waals surface area contributed by atoms with Crippen molar-refractivity contribution in [2.24, 2.45) is 0 Å². The van der Waals surface area contributed by atoms with Crippen LogP contribution in [-0.2, 0) is 25.6 Å². The molecule has 2 aromatic rings. The minimum Gasteiger partial charge on any atom is -0.438 e. The third kappa shape index (κ3) is 4.75. The van der Waals surface area contributed by atoms with Crippen LogP contribution in [0.4, 0.5) is 10.5 Å². The van der Waals surface area contributed by atoms with Crippen LogP contribution in [0.1, 0.15) is 29.7 Å². The molecule has 2 heterocycles. The van der Waals surface area contributed by atoms with Gasteiger partial charge in [-0.05, 0) is 30.2 Å².